The molecule has 2 atom stereocenters. The number of nitrogens with zero attached hydrogens (tertiary/aromatic N) is 2. The molecule has 0 aliphatic carbocycles. The first kappa shape index (κ1) is 14.8. The summed E-state index contributed by atoms with van der Waals surface area (Å²) in [6.45, 7) is 0.890. The van der Waals surface area contributed by atoms with Crippen LogP contribution in [-0.4, -0.2) is 27.2 Å². The molecule has 0 spiro atoms. The van der Waals surface area contributed by atoms with Gasteiger partial charge >= 0.3 is 0 Å². The number of aryl methyl sites for hydroxylation is 1. The number of amides is 1. The normalized spacial score (nSPS) is 18.5. The third kappa shape index (κ3) is 3.20. The number of hydrogen-bond acceptors (Lipinski definition) is 3. The van der Waals surface area contributed by atoms with Gasteiger partial charge in [0.1, 0.15) is 0 Å². The summed E-state index contributed by atoms with van der Waals surface area (Å²) in [5.41, 5.74) is 2.15. The van der Waals surface area contributed by atoms with Crippen LogP contribution in [-0.2, 0) is 17.8 Å². The van der Waals surface area contributed by atoms with Crippen LogP contribution in [0.3, 0.4) is 0 Å². The SMILES string of the molecule is O=C(NC(CCO)c1ccccc1)C1CCn2cncc2C1. The van der Waals surface area contributed by atoms with E-state index in [9.17, 15) is 9.90 Å². The number of aliphatic hydroxyl groups is 1. The molecule has 5 heteroatoms. The standard InChI is InChI=1S/C17H21N3O2/c21-9-7-16(13-4-2-1-3-5-13)19-17(22)14-6-8-20-12-18-11-15(20)10-14/h1-5,11-12,14,16,21H,6-10H2,(H,19,22). The van der Waals surface area contributed by atoms with E-state index in [1.165, 1.54) is 0 Å². The van der Waals surface area contributed by atoms with Crippen LogP contribution < -0.4 is 5.32 Å². The third-order valence-corrected chi connectivity index (χ3v) is 4.28. The lowest BCUT2D eigenvalue weighted by molar-refractivity contribution is -0.126. The molecule has 1 aromatic carbocycles. The Morgan fingerprint density at radius 3 is 3.00 bits per heavy atom. The lowest BCUT2D eigenvalue weighted by atomic mass is 9.94. The molecule has 1 amide bonds. The monoisotopic (exact) mass is 299 g/mol. The van der Waals surface area contributed by atoms with Gasteiger partial charge in [-0.2, -0.15) is 0 Å². The van der Waals surface area contributed by atoms with Gasteiger partial charge in [0.2, 0.25) is 5.91 Å². The highest BCUT2D eigenvalue weighted by Crippen LogP contribution is 2.22. The average Bonchev–Trinajstić information content (AvgIpc) is 3.02. The predicted octanol–water partition coefficient (Wildman–Crippen LogP) is 1.69. The molecule has 0 bridgehead atoms. The second-order valence-electron chi connectivity index (χ2n) is 5.75. The Balaban J connectivity index is 1.67. The highest BCUT2D eigenvalue weighted by molar-refractivity contribution is 5.79. The molecule has 2 aromatic rings. The molecular formula is C17H21N3O2. The largest absolute Gasteiger partial charge is 0.396 e. The van der Waals surface area contributed by atoms with Crippen molar-refractivity contribution in [1.29, 1.82) is 0 Å². The lowest BCUT2D eigenvalue weighted by Gasteiger charge is -2.26. The zero-order valence-corrected chi connectivity index (χ0v) is 12.5. The molecule has 3 rings (SSSR count). The van der Waals surface area contributed by atoms with Crippen molar-refractivity contribution >= 4 is 5.91 Å². The topological polar surface area (TPSA) is 67.2 Å². The minimum atomic E-state index is -0.134. The lowest BCUT2D eigenvalue weighted by Crippen LogP contribution is -2.37. The van der Waals surface area contributed by atoms with E-state index >= 15 is 0 Å². The van der Waals surface area contributed by atoms with Crippen LogP contribution in [0.5, 0.6) is 0 Å². The quantitative estimate of drug-likeness (QED) is 0.883. The van der Waals surface area contributed by atoms with Crippen molar-refractivity contribution in [1.82, 2.24) is 14.9 Å². The Morgan fingerprint density at radius 2 is 2.23 bits per heavy atom. The molecule has 116 valence electrons. The van der Waals surface area contributed by atoms with E-state index in [0.717, 1.165) is 30.6 Å². The van der Waals surface area contributed by atoms with Crippen LogP contribution in [0.1, 0.15) is 30.1 Å². The highest BCUT2D eigenvalue weighted by atomic mass is 16.3. The van der Waals surface area contributed by atoms with E-state index in [1.807, 2.05) is 42.9 Å². The minimum Gasteiger partial charge on any atom is -0.396 e. The van der Waals surface area contributed by atoms with Gasteiger partial charge in [-0.3, -0.25) is 4.79 Å². The summed E-state index contributed by atoms with van der Waals surface area (Å²) in [6, 6.07) is 9.68. The van der Waals surface area contributed by atoms with Crippen LogP contribution in [0.2, 0.25) is 0 Å². The molecule has 1 aliphatic heterocycles. The van der Waals surface area contributed by atoms with Crippen LogP contribution in [0.4, 0.5) is 0 Å². The first-order chi connectivity index (χ1) is 10.8. The molecular weight excluding hydrogens is 278 g/mol. The van der Waals surface area contributed by atoms with Crippen LogP contribution in [0, 0.1) is 5.92 Å². The maximum absolute atomic E-state index is 12.6. The average molecular weight is 299 g/mol. The molecule has 0 saturated carbocycles. The second-order valence-corrected chi connectivity index (χ2v) is 5.75. The first-order valence-corrected chi connectivity index (χ1v) is 7.73. The van der Waals surface area contributed by atoms with Crippen molar-refractivity contribution < 1.29 is 9.90 Å². The summed E-state index contributed by atoms with van der Waals surface area (Å²) in [6.07, 6.45) is 5.74. The summed E-state index contributed by atoms with van der Waals surface area (Å²) >= 11 is 0. The van der Waals surface area contributed by atoms with Crippen LogP contribution in [0.15, 0.2) is 42.9 Å². The van der Waals surface area contributed by atoms with Crippen molar-refractivity contribution in [3.8, 4) is 0 Å². The molecule has 2 heterocycles. The van der Waals surface area contributed by atoms with Gasteiger partial charge in [-0.25, -0.2) is 4.98 Å². The van der Waals surface area contributed by atoms with Crippen molar-refractivity contribution in [3.05, 3.63) is 54.1 Å². The van der Waals surface area contributed by atoms with Crippen molar-refractivity contribution in [3.63, 3.8) is 0 Å². The zero-order valence-electron chi connectivity index (χ0n) is 12.5. The zero-order chi connectivity index (χ0) is 15.4. The number of rotatable bonds is 5. The van der Waals surface area contributed by atoms with Gasteiger partial charge in [-0.15, -0.1) is 0 Å². The highest BCUT2D eigenvalue weighted by Gasteiger charge is 2.26. The Morgan fingerprint density at radius 1 is 1.41 bits per heavy atom. The van der Waals surface area contributed by atoms with Gasteiger partial charge in [0, 0.05) is 37.4 Å². The van der Waals surface area contributed by atoms with Gasteiger partial charge in [0.15, 0.2) is 0 Å². The number of carbonyl (C=O) groups excluding carboxylic acids is 1. The summed E-state index contributed by atoms with van der Waals surface area (Å²) in [5.74, 6) is 0.0452. The van der Waals surface area contributed by atoms with E-state index in [-0.39, 0.29) is 24.5 Å². The molecule has 0 saturated heterocycles. The minimum absolute atomic E-state index is 0.0193. The van der Waals surface area contributed by atoms with Crippen LogP contribution >= 0.6 is 0 Å². The van der Waals surface area contributed by atoms with E-state index < -0.39 is 0 Å². The molecule has 1 aromatic heterocycles. The number of benzene rings is 1. The van der Waals surface area contributed by atoms with E-state index in [1.54, 1.807) is 0 Å². The van der Waals surface area contributed by atoms with Gasteiger partial charge in [-0.1, -0.05) is 30.3 Å². The van der Waals surface area contributed by atoms with Crippen molar-refractivity contribution in [2.24, 2.45) is 5.92 Å². The molecule has 2 N–H and O–H groups in total. The molecule has 0 radical (unpaired) electrons. The van der Waals surface area contributed by atoms with Gasteiger partial charge in [-0.05, 0) is 18.4 Å². The Kier molecular flexibility index (Phi) is 4.53. The van der Waals surface area contributed by atoms with E-state index in [0.29, 0.717) is 6.42 Å². The summed E-state index contributed by atoms with van der Waals surface area (Å²) < 4.78 is 2.10. The number of fused-ring (bicyclic) bond motifs is 1. The number of aromatic nitrogens is 2. The number of hydrogen-bond donors (Lipinski definition) is 2. The van der Waals surface area contributed by atoms with Gasteiger partial charge in [0.25, 0.3) is 0 Å². The fourth-order valence-corrected chi connectivity index (χ4v) is 3.02. The van der Waals surface area contributed by atoms with Gasteiger partial charge in [0.05, 0.1) is 12.4 Å². The number of carbonyl (C=O) groups is 1. The molecule has 5 nitrogen and oxygen atoms in total. The first-order valence-electron chi connectivity index (χ1n) is 7.73. The van der Waals surface area contributed by atoms with E-state index in [2.05, 4.69) is 14.9 Å². The van der Waals surface area contributed by atoms with Gasteiger partial charge < -0.3 is 15.0 Å². The summed E-state index contributed by atoms with van der Waals surface area (Å²) in [4.78, 5) is 16.7. The Labute approximate surface area is 130 Å². The second kappa shape index (κ2) is 6.75. The third-order valence-electron chi connectivity index (χ3n) is 4.28. The van der Waals surface area contributed by atoms with Crippen molar-refractivity contribution in [2.45, 2.75) is 31.8 Å². The van der Waals surface area contributed by atoms with Crippen molar-refractivity contribution in [2.75, 3.05) is 6.61 Å². The summed E-state index contributed by atoms with van der Waals surface area (Å²) in [7, 11) is 0. The maximum atomic E-state index is 12.6. The molecule has 2 unspecified atom stereocenters. The fourth-order valence-electron chi connectivity index (χ4n) is 3.02. The molecule has 22 heavy (non-hydrogen) atoms. The maximum Gasteiger partial charge on any atom is 0.224 e. The number of nitrogens with one attached hydrogen (secondary N) is 1. The summed E-state index contributed by atoms with van der Waals surface area (Å²) in [5, 5.41) is 12.4. The Hall–Kier alpha value is -2.14. The predicted molar refractivity (Wildman–Crippen MR) is 83.1 cm³/mol. The number of imidazole rings is 1. The fraction of sp³-hybridized carbons (Fsp3) is 0.412. The molecule has 1 aliphatic rings. The smallest absolute Gasteiger partial charge is 0.224 e. The van der Waals surface area contributed by atoms with Crippen LogP contribution in [0.25, 0.3) is 0 Å². The molecule has 0 fully saturated rings. The van der Waals surface area contributed by atoms with E-state index in [4.69, 9.17) is 0 Å². The Bertz CT molecular complexity index is 624. The number of aliphatic hydroxyl groups excluding tert-OH is 1.